The van der Waals surface area contributed by atoms with Crippen LogP contribution >= 0.6 is 0 Å². The highest BCUT2D eigenvalue weighted by Crippen LogP contribution is 2.55. The van der Waals surface area contributed by atoms with Gasteiger partial charge in [0.15, 0.2) is 5.75 Å². The van der Waals surface area contributed by atoms with Gasteiger partial charge in [-0.05, 0) is 64.5 Å². The maximum Gasteiger partial charge on any atom is 0.312 e. The molecule has 11 atom stereocenters. The lowest BCUT2D eigenvalue weighted by Gasteiger charge is -2.41. The second kappa shape index (κ2) is 20.5. The summed E-state index contributed by atoms with van der Waals surface area (Å²) in [5.74, 6) is -8.01. The standard InChI is InChI=1S/C52H67N3O12/c1-26-16-15-17-27(2)51(63)54-42-37(25-53-55-28(3)22-36(23-29(55)4)24-35-18-13-12-14-19-35)46(60)39-40(47(42)61)45(59)33(8)49-41(39)50(62)52(10,67-49)65-21-20-38(64-11)30(5)48(66-34(9)56)32(7)44(58)31(6)43(26)57/h12-21,25-26,28-32,36,38,43-44,48,57-61H,22-24H2,1-11H3,(H,54,63)/b16-15+,21-20+,27-17+,53-25+. The molecule has 4 aliphatic rings. The van der Waals surface area contributed by atoms with Crippen molar-refractivity contribution in [2.75, 3.05) is 12.4 Å². The van der Waals surface area contributed by atoms with E-state index in [1.807, 2.05) is 23.2 Å². The summed E-state index contributed by atoms with van der Waals surface area (Å²) in [6, 6.07) is 10.2. The van der Waals surface area contributed by atoms with Crippen molar-refractivity contribution in [3.05, 3.63) is 88.7 Å². The quantitative estimate of drug-likeness (QED) is 0.0603. The number of nitrogens with one attached hydrogen (secondary N) is 1. The van der Waals surface area contributed by atoms with E-state index in [0.29, 0.717) is 5.92 Å². The number of hydrogen-bond acceptors (Lipinski definition) is 14. The van der Waals surface area contributed by atoms with Gasteiger partial charge in [0.25, 0.3) is 11.7 Å². The molecule has 1 fully saturated rings. The van der Waals surface area contributed by atoms with Gasteiger partial charge in [0.05, 0.1) is 53.0 Å². The Hall–Kier alpha value is -5.90. The molecule has 1 amide bonds. The lowest BCUT2D eigenvalue weighted by molar-refractivity contribution is -0.160. The number of Topliss-reactive ketones (excluding diaryl/α,β-unsaturated/α-hetero) is 1. The molecule has 3 aromatic rings. The summed E-state index contributed by atoms with van der Waals surface area (Å²) in [6.45, 7) is 16.7. The van der Waals surface area contributed by atoms with E-state index >= 15 is 0 Å². The average Bonchev–Trinajstić information content (AvgIpc) is 3.55. The largest absolute Gasteiger partial charge is 0.507 e. The normalized spacial score (nSPS) is 32.6. The van der Waals surface area contributed by atoms with Crippen LogP contribution < -0.4 is 10.1 Å². The number of fused-ring (bicyclic) bond motifs is 14. The third-order valence-corrected chi connectivity index (χ3v) is 14.0. The SMILES string of the molecule is COC1/C=C/OC2(C)Oc3c(C)c(O)c4c(O)c(c(/C=N/N5C(C)CC(Cc6ccccc6)CC5C)c(O)c4c3C2=O)NC(=O)/C(C)=C/C=C/C(C)C(O)C(C)C(O)C(C)C(OC(C)=O)C1C. The third-order valence-electron chi connectivity index (χ3n) is 14.0. The zero-order chi connectivity index (χ0) is 49.2. The van der Waals surface area contributed by atoms with Gasteiger partial charge in [-0.2, -0.15) is 5.10 Å². The van der Waals surface area contributed by atoms with Gasteiger partial charge in [-0.3, -0.25) is 19.4 Å². The minimum absolute atomic E-state index is 0.0328. The van der Waals surface area contributed by atoms with Gasteiger partial charge in [0, 0.05) is 73.2 Å². The number of rotatable bonds is 6. The molecule has 0 radical (unpaired) electrons. The number of piperidine rings is 1. The molecule has 11 unspecified atom stereocenters. The zero-order valence-corrected chi connectivity index (χ0v) is 40.3. The van der Waals surface area contributed by atoms with Gasteiger partial charge in [-0.25, -0.2) is 0 Å². The van der Waals surface area contributed by atoms with Crippen LogP contribution in [0.3, 0.4) is 0 Å². The van der Waals surface area contributed by atoms with E-state index in [4.69, 9.17) is 24.0 Å². The number of aliphatic hydroxyl groups is 2. The number of phenols is 3. The summed E-state index contributed by atoms with van der Waals surface area (Å²) >= 11 is 0. The highest BCUT2D eigenvalue weighted by molar-refractivity contribution is 6.23. The summed E-state index contributed by atoms with van der Waals surface area (Å²) in [7, 11) is 1.44. The fraction of sp³-hybridized carbons (Fsp3) is 0.500. The van der Waals surface area contributed by atoms with Gasteiger partial charge >= 0.3 is 11.8 Å². The number of hydrazone groups is 1. The monoisotopic (exact) mass is 925 g/mol. The number of benzene rings is 3. The van der Waals surface area contributed by atoms with Crippen molar-refractivity contribution in [3.8, 4) is 23.0 Å². The number of aliphatic hydroxyl groups excluding tert-OH is 2. The zero-order valence-electron chi connectivity index (χ0n) is 40.3. The van der Waals surface area contributed by atoms with Gasteiger partial charge in [-0.1, -0.05) is 76.3 Å². The van der Waals surface area contributed by atoms with E-state index < -0.39 is 88.8 Å². The number of methoxy groups -OCH3 is 1. The second-order valence-electron chi connectivity index (χ2n) is 19.0. The van der Waals surface area contributed by atoms with Crippen molar-refractivity contribution in [1.82, 2.24) is 5.01 Å². The number of allylic oxidation sites excluding steroid dienone is 2. The van der Waals surface area contributed by atoms with Crippen molar-refractivity contribution < 1.29 is 58.9 Å². The number of ketones is 1. The van der Waals surface area contributed by atoms with E-state index in [0.717, 1.165) is 19.3 Å². The summed E-state index contributed by atoms with van der Waals surface area (Å²) in [4.78, 5) is 41.1. The third kappa shape index (κ3) is 10.2. The maximum atomic E-state index is 14.6. The minimum atomic E-state index is -2.06. The number of hydrogen-bond donors (Lipinski definition) is 6. The molecule has 3 aromatic carbocycles. The van der Waals surface area contributed by atoms with E-state index in [1.54, 1.807) is 39.8 Å². The molecule has 15 nitrogen and oxygen atoms in total. The number of carbonyl (C=O) groups is 3. The Morgan fingerprint density at radius 3 is 2.19 bits per heavy atom. The van der Waals surface area contributed by atoms with E-state index in [1.165, 1.54) is 65.0 Å². The fourth-order valence-electron chi connectivity index (χ4n) is 10.1. The van der Waals surface area contributed by atoms with Crippen LogP contribution in [0.15, 0.2) is 71.6 Å². The van der Waals surface area contributed by atoms with Crippen molar-refractivity contribution in [2.24, 2.45) is 34.7 Å². The first-order valence-electron chi connectivity index (χ1n) is 23.1. The van der Waals surface area contributed by atoms with Crippen LogP contribution in [0.5, 0.6) is 23.0 Å². The van der Waals surface area contributed by atoms with E-state index in [-0.39, 0.29) is 56.6 Å². The first-order valence-corrected chi connectivity index (χ1v) is 23.1. The molecular weight excluding hydrogens is 859 g/mol. The lowest BCUT2D eigenvalue weighted by atomic mass is 9.78. The molecule has 6 N–H and O–H groups in total. The number of anilines is 1. The Bertz CT molecular complexity index is 2450. The van der Waals surface area contributed by atoms with Crippen molar-refractivity contribution in [3.63, 3.8) is 0 Å². The van der Waals surface area contributed by atoms with Crippen LogP contribution in [0.1, 0.15) is 102 Å². The number of nitrogens with zero attached hydrogens (tertiary/aromatic N) is 2. The number of esters is 1. The Balaban J connectivity index is 1.49. The fourth-order valence-corrected chi connectivity index (χ4v) is 10.1. The lowest BCUT2D eigenvalue weighted by Crippen LogP contribution is -2.46. The predicted molar refractivity (Wildman–Crippen MR) is 255 cm³/mol. The van der Waals surface area contributed by atoms with Crippen molar-refractivity contribution in [1.29, 1.82) is 0 Å². The molecule has 4 aliphatic heterocycles. The van der Waals surface area contributed by atoms with E-state index in [9.17, 15) is 39.9 Å². The number of amides is 1. The van der Waals surface area contributed by atoms with Crippen LogP contribution in [-0.4, -0.2) is 104 Å². The molecule has 5 bridgehead atoms. The number of ether oxygens (including phenoxy) is 4. The summed E-state index contributed by atoms with van der Waals surface area (Å²) in [5.41, 5.74) is 0.900. The second-order valence-corrected chi connectivity index (χ2v) is 19.0. The molecule has 67 heavy (non-hydrogen) atoms. The van der Waals surface area contributed by atoms with Crippen LogP contribution in [0.4, 0.5) is 5.69 Å². The van der Waals surface area contributed by atoms with Crippen LogP contribution in [0, 0.1) is 36.5 Å². The predicted octanol–water partition coefficient (Wildman–Crippen LogP) is 7.82. The highest BCUT2D eigenvalue weighted by Gasteiger charge is 2.50. The van der Waals surface area contributed by atoms with Crippen LogP contribution in [0.25, 0.3) is 10.8 Å². The highest BCUT2D eigenvalue weighted by atomic mass is 16.7. The van der Waals surface area contributed by atoms with Crippen molar-refractivity contribution >= 4 is 40.3 Å². The molecule has 0 saturated carbocycles. The van der Waals surface area contributed by atoms with Crippen molar-refractivity contribution in [2.45, 2.75) is 131 Å². The molecule has 7 rings (SSSR count). The average molecular weight is 926 g/mol. The molecule has 0 aromatic heterocycles. The number of carbonyl (C=O) groups excluding carboxylic acids is 3. The number of aromatic hydroxyl groups is 3. The Morgan fingerprint density at radius 2 is 1.57 bits per heavy atom. The summed E-state index contributed by atoms with van der Waals surface area (Å²) < 4.78 is 23.8. The molecule has 1 saturated heterocycles. The molecule has 0 aliphatic carbocycles. The molecule has 362 valence electrons. The Morgan fingerprint density at radius 1 is 0.910 bits per heavy atom. The molecular formula is C52H67N3O12. The maximum absolute atomic E-state index is 14.6. The topological polar surface area (TPSA) is 217 Å². The molecule has 15 heteroatoms. The Kier molecular flexibility index (Phi) is 15.5. The van der Waals surface area contributed by atoms with E-state index in [2.05, 4.69) is 31.3 Å². The summed E-state index contributed by atoms with van der Waals surface area (Å²) in [5, 5.41) is 68.3. The summed E-state index contributed by atoms with van der Waals surface area (Å²) in [6.07, 6.45) is 7.51. The first kappa shape index (κ1) is 50.5. The van der Waals surface area contributed by atoms with Gasteiger partial charge in [0.2, 0.25) is 0 Å². The minimum Gasteiger partial charge on any atom is -0.507 e. The smallest absolute Gasteiger partial charge is 0.312 e. The Labute approximate surface area is 392 Å². The van der Waals surface area contributed by atoms with Crippen LogP contribution in [-0.2, 0) is 30.2 Å². The number of phenolic OH excluding ortho intramolecular Hbond substituents is 3. The van der Waals surface area contributed by atoms with Crippen LogP contribution in [0.2, 0.25) is 0 Å². The van der Waals surface area contributed by atoms with Gasteiger partial charge in [0.1, 0.15) is 23.4 Å². The molecule has 0 spiro atoms. The first-order chi connectivity index (χ1) is 31.6. The van der Waals surface area contributed by atoms with Gasteiger partial charge in [-0.15, -0.1) is 0 Å². The van der Waals surface area contributed by atoms with Gasteiger partial charge < -0.3 is 49.8 Å². The molecule has 4 heterocycles.